The predicted octanol–water partition coefficient (Wildman–Crippen LogP) is 3.88. The van der Waals surface area contributed by atoms with E-state index in [0.717, 1.165) is 18.1 Å². The minimum atomic E-state index is 0.209. The van der Waals surface area contributed by atoms with Crippen molar-refractivity contribution in [2.24, 2.45) is 5.92 Å². The fourth-order valence-corrected chi connectivity index (χ4v) is 2.59. The molecular weight excluding hydrogens is 212 g/mol. The fraction of sp³-hybridized carbons (Fsp3) is 0.600. The number of furan rings is 1. The maximum absolute atomic E-state index is 9.10. The lowest BCUT2D eigenvalue weighted by atomic mass is 9.88. The lowest BCUT2D eigenvalue weighted by Crippen LogP contribution is -2.04. The van der Waals surface area contributed by atoms with Crippen LogP contribution in [0.5, 0.6) is 0 Å². The van der Waals surface area contributed by atoms with Crippen LogP contribution >= 0.6 is 0 Å². The molecule has 0 aliphatic heterocycles. The van der Waals surface area contributed by atoms with Gasteiger partial charge in [-0.1, -0.05) is 31.4 Å². The van der Waals surface area contributed by atoms with Gasteiger partial charge in [0.15, 0.2) is 0 Å². The summed E-state index contributed by atoms with van der Waals surface area (Å²) in [4.78, 5) is 0. The predicted molar refractivity (Wildman–Crippen MR) is 68.9 cm³/mol. The molecule has 1 aromatic heterocycles. The van der Waals surface area contributed by atoms with Crippen molar-refractivity contribution in [3.63, 3.8) is 0 Å². The maximum atomic E-state index is 9.10. The summed E-state index contributed by atoms with van der Waals surface area (Å²) in [7, 11) is 0. The van der Waals surface area contributed by atoms with Gasteiger partial charge in [0.25, 0.3) is 0 Å². The molecule has 94 valence electrons. The van der Waals surface area contributed by atoms with E-state index in [9.17, 15) is 0 Å². The summed E-state index contributed by atoms with van der Waals surface area (Å²) in [5, 5.41) is 9.10. The number of hydrogen-bond acceptors (Lipinski definition) is 2. The topological polar surface area (TPSA) is 33.4 Å². The number of allylic oxidation sites excluding steroid dienone is 2. The molecule has 0 aromatic carbocycles. The van der Waals surface area contributed by atoms with Gasteiger partial charge in [-0.2, -0.15) is 0 Å². The van der Waals surface area contributed by atoms with Crippen LogP contribution in [-0.2, 0) is 0 Å². The second kappa shape index (κ2) is 6.65. The van der Waals surface area contributed by atoms with E-state index in [4.69, 9.17) is 9.52 Å². The van der Waals surface area contributed by atoms with Crippen LogP contribution in [0.1, 0.15) is 50.2 Å². The van der Waals surface area contributed by atoms with Gasteiger partial charge in [-0.25, -0.2) is 0 Å². The third kappa shape index (κ3) is 3.74. The first kappa shape index (κ1) is 12.4. The van der Waals surface area contributed by atoms with Crippen molar-refractivity contribution in [3.05, 3.63) is 36.3 Å². The third-order valence-electron chi connectivity index (χ3n) is 3.61. The lowest BCUT2D eigenvalue weighted by molar-refractivity contribution is 0.276. The highest BCUT2D eigenvalue weighted by Crippen LogP contribution is 2.27. The number of rotatable bonds is 5. The van der Waals surface area contributed by atoms with Gasteiger partial charge in [0.2, 0.25) is 0 Å². The van der Waals surface area contributed by atoms with E-state index in [0.29, 0.717) is 0 Å². The molecule has 1 saturated carbocycles. The Morgan fingerprint density at radius 3 is 2.82 bits per heavy atom. The SMILES string of the molecule is OCCC(C=CC1CCCCC1)c1ccco1. The third-order valence-corrected chi connectivity index (χ3v) is 3.61. The smallest absolute Gasteiger partial charge is 0.110 e. The molecule has 1 aliphatic rings. The summed E-state index contributed by atoms with van der Waals surface area (Å²) in [6, 6.07) is 3.90. The Labute approximate surface area is 103 Å². The Morgan fingerprint density at radius 1 is 1.35 bits per heavy atom. The molecule has 1 atom stereocenters. The van der Waals surface area contributed by atoms with Gasteiger partial charge in [-0.3, -0.25) is 0 Å². The number of aliphatic hydroxyl groups is 1. The zero-order chi connectivity index (χ0) is 11.9. The van der Waals surface area contributed by atoms with Gasteiger partial charge >= 0.3 is 0 Å². The van der Waals surface area contributed by atoms with E-state index in [-0.39, 0.29) is 12.5 Å². The Bertz CT molecular complexity index is 321. The molecule has 2 rings (SSSR count). The Morgan fingerprint density at radius 2 is 2.18 bits per heavy atom. The van der Waals surface area contributed by atoms with E-state index in [1.54, 1.807) is 6.26 Å². The molecule has 0 amide bonds. The molecule has 1 N–H and O–H groups in total. The first-order valence-electron chi connectivity index (χ1n) is 6.72. The van der Waals surface area contributed by atoms with Crippen molar-refractivity contribution in [3.8, 4) is 0 Å². The molecular formula is C15H22O2. The summed E-state index contributed by atoms with van der Waals surface area (Å²) >= 11 is 0. The molecule has 1 aliphatic carbocycles. The highest BCUT2D eigenvalue weighted by Gasteiger charge is 2.13. The van der Waals surface area contributed by atoms with E-state index in [1.165, 1.54) is 32.1 Å². The largest absolute Gasteiger partial charge is 0.469 e. The van der Waals surface area contributed by atoms with Crippen LogP contribution in [0.2, 0.25) is 0 Å². The minimum absolute atomic E-state index is 0.209. The summed E-state index contributed by atoms with van der Waals surface area (Å²) in [6.07, 6.45) is 13.8. The molecule has 17 heavy (non-hydrogen) atoms. The fourth-order valence-electron chi connectivity index (χ4n) is 2.59. The quantitative estimate of drug-likeness (QED) is 0.784. The van der Waals surface area contributed by atoms with Gasteiger partial charge in [-0.05, 0) is 37.3 Å². The first-order valence-corrected chi connectivity index (χ1v) is 6.72. The first-order chi connectivity index (χ1) is 8.40. The van der Waals surface area contributed by atoms with Crippen LogP contribution in [0.15, 0.2) is 35.0 Å². The summed E-state index contributed by atoms with van der Waals surface area (Å²) in [6.45, 7) is 0.209. The lowest BCUT2D eigenvalue weighted by Gasteiger charge is -2.18. The number of aliphatic hydroxyl groups excluding tert-OH is 1. The standard InChI is InChI=1S/C15H22O2/c16-11-10-14(15-7-4-12-17-15)9-8-13-5-2-1-3-6-13/h4,7-9,12-14,16H,1-3,5-6,10-11H2. The van der Waals surface area contributed by atoms with Crippen LogP contribution in [0.3, 0.4) is 0 Å². The highest BCUT2D eigenvalue weighted by molar-refractivity contribution is 5.13. The maximum Gasteiger partial charge on any atom is 0.110 e. The van der Waals surface area contributed by atoms with E-state index in [1.807, 2.05) is 12.1 Å². The average molecular weight is 234 g/mol. The van der Waals surface area contributed by atoms with E-state index >= 15 is 0 Å². The van der Waals surface area contributed by atoms with Crippen molar-refractivity contribution in [1.29, 1.82) is 0 Å². The summed E-state index contributed by atoms with van der Waals surface area (Å²) < 4.78 is 5.43. The van der Waals surface area contributed by atoms with E-state index < -0.39 is 0 Å². The van der Waals surface area contributed by atoms with Crippen LogP contribution in [0.4, 0.5) is 0 Å². The van der Waals surface area contributed by atoms with Crippen LogP contribution in [0.25, 0.3) is 0 Å². The Kier molecular flexibility index (Phi) is 4.87. The van der Waals surface area contributed by atoms with E-state index in [2.05, 4.69) is 12.2 Å². The Balaban J connectivity index is 1.94. The highest BCUT2D eigenvalue weighted by atomic mass is 16.3. The van der Waals surface area contributed by atoms with Gasteiger partial charge in [0.1, 0.15) is 5.76 Å². The molecule has 2 heteroatoms. The summed E-state index contributed by atoms with van der Waals surface area (Å²) in [5.41, 5.74) is 0. The second-order valence-electron chi connectivity index (χ2n) is 4.92. The average Bonchev–Trinajstić information content (AvgIpc) is 2.89. The van der Waals surface area contributed by atoms with Gasteiger partial charge in [0.05, 0.1) is 6.26 Å². The zero-order valence-corrected chi connectivity index (χ0v) is 10.3. The minimum Gasteiger partial charge on any atom is -0.469 e. The van der Waals surface area contributed by atoms with Crippen molar-refractivity contribution in [2.45, 2.75) is 44.4 Å². The van der Waals surface area contributed by atoms with Gasteiger partial charge < -0.3 is 9.52 Å². The molecule has 1 unspecified atom stereocenters. The summed E-state index contributed by atoms with van der Waals surface area (Å²) in [5.74, 6) is 1.93. The normalized spacial score (nSPS) is 19.8. The molecule has 0 bridgehead atoms. The van der Waals surface area contributed by atoms with Crippen LogP contribution in [0, 0.1) is 5.92 Å². The number of hydrogen-bond donors (Lipinski definition) is 1. The van der Waals surface area contributed by atoms with Gasteiger partial charge in [-0.15, -0.1) is 0 Å². The molecule has 1 heterocycles. The van der Waals surface area contributed by atoms with Crippen molar-refractivity contribution >= 4 is 0 Å². The molecule has 1 aromatic rings. The van der Waals surface area contributed by atoms with Crippen molar-refractivity contribution in [1.82, 2.24) is 0 Å². The van der Waals surface area contributed by atoms with Crippen LogP contribution in [-0.4, -0.2) is 11.7 Å². The van der Waals surface area contributed by atoms with Crippen LogP contribution < -0.4 is 0 Å². The van der Waals surface area contributed by atoms with Gasteiger partial charge in [0, 0.05) is 12.5 Å². The second-order valence-corrected chi connectivity index (χ2v) is 4.92. The monoisotopic (exact) mass is 234 g/mol. The van der Waals surface area contributed by atoms with Crippen molar-refractivity contribution in [2.75, 3.05) is 6.61 Å². The molecule has 0 saturated heterocycles. The zero-order valence-electron chi connectivity index (χ0n) is 10.3. The molecule has 0 spiro atoms. The van der Waals surface area contributed by atoms with Crippen molar-refractivity contribution < 1.29 is 9.52 Å². The molecule has 1 fully saturated rings. The molecule has 2 nitrogen and oxygen atoms in total. The Hall–Kier alpha value is -1.02. The molecule has 0 radical (unpaired) electrons.